The number of para-hydroxylation sites is 2. The van der Waals surface area contributed by atoms with Gasteiger partial charge in [-0.2, -0.15) is 0 Å². The van der Waals surface area contributed by atoms with Crippen molar-refractivity contribution in [1.82, 2.24) is 10.2 Å². The molecule has 2 aromatic rings. The first-order valence-corrected chi connectivity index (χ1v) is 12.8. The van der Waals surface area contributed by atoms with Gasteiger partial charge in [-0.3, -0.25) is 9.59 Å². The first kappa shape index (κ1) is 29.7. The predicted molar refractivity (Wildman–Crippen MR) is 145 cm³/mol. The predicted octanol–water partition coefficient (Wildman–Crippen LogP) is 5.48. The third-order valence-electron chi connectivity index (χ3n) is 6.30. The second kappa shape index (κ2) is 12.6. The van der Waals surface area contributed by atoms with Gasteiger partial charge < -0.3 is 25.4 Å². The molecule has 0 heterocycles. The lowest BCUT2D eigenvalue weighted by atomic mass is 9.95. The number of aromatic hydroxyl groups is 1. The van der Waals surface area contributed by atoms with Gasteiger partial charge in [-0.1, -0.05) is 56.7 Å². The smallest absolute Gasteiger partial charge is 0.408 e. The summed E-state index contributed by atoms with van der Waals surface area (Å²) < 4.78 is 5.41. The molecule has 0 aromatic heterocycles. The number of benzene rings is 2. The Bertz CT molecular complexity index is 1110. The molecule has 0 bridgehead atoms. The van der Waals surface area contributed by atoms with Crippen LogP contribution in [-0.4, -0.2) is 46.1 Å². The van der Waals surface area contributed by atoms with E-state index in [1.54, 1.807) is 58.9 Å². The average molecular weight is 512 g/mol. The molecule has 0 radical (unpaired) electrons. The van der Waals surface area contributed by atoms with Crippen LogP contribution in [0.25, 0.3) is 0 Å². The molecule has 3 unspecified atom stereocenters. The number of likely N-dealkylation sites (N-methyl/N-ethyl adjacent to an activating group) is 1. The van der Waals surface area contributed by atoms with Gasteiger partial charge in [-0.15, -0.1) is 0 Å². The van der Waals surface area contributed by atoms with E-state index in [0.29, 0.717) is 23.2 Å². The Hall–Kier alpha value is -3.55. The quantitative estimate of drug-likeness (QED) is 0.413. The highest BCUT2D eigenvalue weighted by Crippen LogP contribution is 2.33. The number of anilines is 1. The number of phenols is 1. The zero-order valence-corrected chi connectivity index (χ0v) is 23.2. The Labute approximate surface area is 220 Å². The topological polar surface area (TPSA) is 108 Å². The lowest BCUT2D eigenvalue weighted by molar-refractivity contribution is -0.141. The molecule has 2 rings (SSSR count). The van der Waals surface area contributed by atoms with Crippen molar-refractivity contribution in [2.75, 3.05) is 11.9 Å². The van der Waals surface area contributed by atoms with E-state index in [2.05, 4.69) is 10.6 Å². The molecule has 37 heavy (non-hydrogen) atoms. The highest BCUT2D eigenvalue weighted by Gasteiger charge is 2.38. The van der Waals surface area contributed by atoms with Crippen LogP contribution in [-0.2, 0) is 14.3 Å². The highest BCUT2D eigenvalue weighted by atomic mass is 16.6. The number of alkyl carbamates (subject to hydrolysis) is 1. The number of nitrogens with zero attached hydrogens (tertiary/aromatic N) is 1. The van der Waals surface area contributed by atoms with Gasteiger partial charge in [0.25, 0.3) is 5.91 Å². The Balaban J connectivity index is 2.54. The number of rotatable bonds is 9. The minimum absolute atomic E-state index is 0.0566. The van der Waals surface area contributed by atoms with Crippen molar-refractivity contribution in [1.29, 1.82) is 0 Å². The van der Waals surface area contributed by atoms with Gasteiger partial charge in [0.05, 0.1) is 0 Å². The third-order valence-corrected chi connectivity index (χ3v) is 6.30. The normalized spacial score (nSPS) is 13.7. The van der Waals surface area contributed by atoms with Crippen molar-refractivity contribution in [3.8, 4) is 5.75 Å². The Morgan fingerprint density at radius 1 is 1.00 bits per heavy atom. The monoisotopic (exact) mass is 511 g/mol. The molecule has 0 aliphatic heterocycles. The fraction of sp³-hybridized carbons (Fsp3) is 0.483. The molecule has 3 atom stereocenters. The minimum atomic E-state index is -1.14. The van der Waals surface area contributed by atoms with Crippen molar-refractivity contribution < 1.29 is 24.2 Å². The van der Waals surface area contributed by atoms with Gasteiger partial charge in [-0.05, 0) is 64.7 Å². The van der Waals surface area contributed by atoms with Crippen molar-refractivity contribution >= 4 is 23.6 Å². The maximum atomic E-state index is 14.0. The molecule has 8 heteroatoms. The van der Waals surface area contributed by atoms with E-state index >= 15 is 0 Å². The molecule has 202 valence electrons. The number of amides is 3. The number of phenolic OH excluding ortho intramolecular Hbond substituents is 1. The van der Waals surface area contributed by atoms with Crippen LogP contribution in [0.5, 0.6) is 5.75 Å². The number of hydrogen-bond acceptors (Lipinski definition) is 5. The summed E-state index contributed by atoms with van der Waals surface area (Å²) in [6, 6.07) is 10.4. The molecular formula is C29H41N3O5. The molecule has 2 aromatic carbocycles. The van der Waals surface area contributed by atoms with Crippen LogP contribution in [0.1, 0.15) is 70.7 Å². The van der Waals surface area contributed by atoms with E-state index in [-0.39, 0.29) is 18.2 Å². The fourth-order valence-corrected chi connectivity index (χ4v) is 4.03. The first-order chi connectivity index (χ1) is 17.3. The number of ether oxygens (including phenoxy) is 1. The van der Waals surface area contributed by atoms with Crippen molar-refractivity contribution in [2.45, 2.75) is 79.5 Å². The van der Waals surface area contributed by atoms with Crippen LogP contribution in [0.15, 0.2) is 42.5 Å². The van der Waals surface area contributed by atoms with E-state index in [0.717, 1.165) is 5.56 Å². The zero-order valence-electron chi connectivity index (χ0n) is 23.2. The standard InChI is InChI=1S/C29H41N3O5/c1-9-18(3)23(31-28(36)37-29(6,7)8)27(35)32(10-2)24(21-16-13-15-20(5)25(21)33)26(34)30-22-17-12-11-14-19(22)4/h11-18,23-24,33H,9-10H2,1-8H3,(H,30,34)(H,31,36). The van der Waals surface area contributed by atoms with E-state index in [4.69, 9.17) is 4.74 Å². The number of hydrogen-bond donors (Lipinski definition) is 3. The van der Waals surface area contributed by atoms with E-state index in [1.165, 1.54) is 4.90 Å². The lowest BCUT2D eigenvalue weighted by Crippen LogP contribution is -2.54. The summed E-state index contributed by atoms with van der Waals surface area (Å²) in [5.74, 6) is -1.20. The summed E-state index contributed by atoms with van der Waals surface area (Å²) in [6.45, 7) is 14.6. The summed E-state index contributed by atoms with van der Waals surface area (Å²) in [4.78, 5) is 41.8. The molecule has 3 N–H and O–H groups in total. The molecule has 0 fully saturated rings. The molecule has 0 spiro atoms. The SMILES string of the molecule is CCC(C)C(NC(=O)OC(C)(C)C)C(=O)N(CC)C(C(=O)Nc1ccccc1C)c1cccc(C)c1O. The second-order valence-corrected chi connectivity index (χ2v) is 10.4. The van der Waals surface area contributed by atoms with Crippen molar-refractivity contribution in [3.05, 3.63) is 59.2 Å². The van der Waals surface area contributed by atoms with Crippen LogP contribution in [0.3, 0.4) is 0 Å². The zero-order chi connectivity index (χ0) is 27.9. The average Bonchev–Trinajstić information content (AvgIpc) is 2.82. The highest BCUT2D eigenvalue weighted by molar-refractivity contribution is 5.99. The molecule has 0 saturated carbocycles. The molecule has 0 aliphatic rings. The maximum Gasteiger partial charge on any atom is 0.408 e. The summed E-state index contributed by atoms with van der Waals surface area (Å²) in [5.41, 5.74) is 1.63. The molecule has 0 aliphatic carbocycles. The Morgan fingerprint density at radius 3 is 2.19 bits per heavy atom. The van der Waals surface area contributed by atoms with E-state index in [1.807, 2.05) is 39.0 Å². The number of aryl methyl sites for hydroxylation is 2. The first-order valence-electron chi connectivity index (χ1n) is 12.8. The van der Waals surface area contributed by atoms with Crippen LogP contribution in [0, 0.1) is 19.8 Å². The van der Waals surface area contributed by atoms with Crippen LogP contribution in [0.4, 0.5) is 10.5 Å². The largest absolute Gasteiger partial charge is 0.507 e. The second-order valence-electron chi connectivity index (χ2n) is 10.4. The van der Waals surface area contributed by atoms with Gasteiger partial charge in [0, 0.05) is 17.8 Å². The minimum Gasteiger partial charge on any atom is -0.507 e. The van der Waals surface area contributed by atoms with Gasteiger partial charge in [0.1, 0.15) is 23.4 Å². The summed E-state index contributed by atoms with van der Waals surface area (Å²) in [6.07, 6.45) is -0.0963. The van der Waals surface area contributed by atoms with Crippen LogP contribution in [0.2, 0.25) is 0 Å². The van der Waals surface area contributed by atoms with Crippen molar-refractivity contribution in [2.24, 2.45) is 5.92 Å². The molecule has 3 amide bonds. The van der Waals surface area contributed by atoms with Gasteiger partial charge in [-0.25, -0.2) is 4.79 Å². The Morgan fingerprint density at radius 2 is 1.62 bits per heavy atom. The number of carbonyl (C=O) groups excluding carboxylic acids is 3. The summed E-state index contributed by atoms with van der Waals surface area (Å²) in [5, 5.41) is 16.6. The van der Waals surface area contributed by atoms with Gasteiger partial charge >= 0.3 is 6.09 Å². The van der Waals surface area contributed by atoms with Gasteiger partial charge in [0.2, 0.25) is 5.91 Å². The molecule has 8 nitrogen and oxygen atoms in total. The van der Waals surface area contributed by atoms with Crippen LogP contribution < -0.4 is 10.6 Å². The third kappa shape index (κ3) is 7.71. The molecular weight excluding hydrogens is 470 g/mol. The van der Waals surface area contributed by atoms with E-state index < -0.39 is 35.6 Å². The Kier molecular flexibility index (Phi) is 10.1. The number of carbonyl (C=O) groups is 3. The maximum absolute atomic E-state index is 14.0. The van der Waals surface area contributed by atoms with Crippen LogP contribution >= 0.6 is 0 Å². The fourth-order valence-electron chi connectivity index (χ4n) is 4.03. The lowest BCUT2D eigenvalue weighted by Gasteiger charge is -2.35. The van der Waals surface area contributed by atoms with Gasteiger partial charge in [0.15, 0.2) is 0 Å². The summed E-state index contributed by atoms with van der Waals surface area (Å²) in [7, 11) is 0. The molecule has 0 saturated heterocycles. The summed E-state index contributed by atoms with van der Waals surface area (Å²) >= 11 is 0. The van der Waals surface area contributed by atoms with E-state index in [9.17, 15) is 19.5 Å². The van der Waals surface area contributed by atoms with Crippen molar-refractivity contribution in [3.63, 3.8) is 0 Å². The number of nitrogens with one attached hydrogen (secondary N) is 2.